The van der Waals surface area contributed by atoms with E-state index in [9.17, 15) is 10.5 Å². The van der Waals surface area contributed by atoms with E-state index in [0.717, 1.165) is 77.7 Å². The van der Waals surface area contributed by atoms with Gasteiger partial charge in [-0.3, -0.25) is 4.98 Å². The van der Waals surface area contributed by atoms with Gasteiger partial charge in [0.1, 0.15) is 0 Å². The highest BCUT2D eigenvalue weighted by molar-refractivity contribution is 6.12. The van der Waals surface area contributed by atoms with Crippen molar-refractivity contribution in [2.24, 2.45) is 0 Å². The molecule has 0 aliphatic rings. The van der Waals surface area contributed by atoms with E-state index in [1.807, 2.05) is 127 Å². The molecular weight excluding hydrogens is 723 g/mol. The lowest BCUT2D eigenvalue weighted by Gasteiger charge is -2.16. The zero-order valence-electron chi connectivity index (χ0n) is 31.5. The van der Waals surface area contributed by atoms with Crippen LogP contribution in [0.3, 0.4) is 0 Å². The Morgan fingerprint density at radius 3 is 1.36 bits per heavy atom. The minimum atomic E-state index is 0.531. The third-order valence-electron chi connectivity index (χ3n) is 10.6. The number of rotatable bonds is 7. The van der Waals surface area contributed by atoms with Crippen LogP contribution in [-0.4, -0.2) is 24.5 Å². The van der Waals surface area contributed by atoms with Gasteiger partial charge in [0, 0.05) is 39.2 Å². The third-order valence-corrected chi connectivity index (χ3v) is 10.6. The van der Waals surface area contributed by atoms with Crippen LogP contribution in [0.2, 0.25) is 0 Å². The Labute approximate surface area is 340 Å². The normalized spacial score (nSPS) is 11.0. The third kappa shape index (κ3) is 6.55. The predicted molar refractivity (Wildman–Crippen MR) is 234 cm³/mol. The monoisotopic (exact) mass is 753 g/mol. The summed E-state index contributed by atoms with van der Waals surface area (Å²) in [4.78, 5) is 20.1. The first kappa shape index (κ1) is 34.9. The Kier molecular flexibility index (Phi) is 8.80. The lowest BCUT2D eigenvalue weighted by molar-refractivity contribution is 1.06. The average molecular weight is 754 g/mol. The molecule has 0 aliphatic carbocycles. The van der Waals surface area contributed by atoms with E-state index in [4.69, 9.17) is 19.9 Å². The van der Waals surface area contributed by atoms with Crippen LogP contribution < -0.4 is 0 Å². The molecule has 0 saturated heterocycles. The van der Waals surface area contributed by atoms with Crippen molar-refractivity contribution in [1.29, 1.82) is 10.5 Å². The maximum Gasteiger partial charge on any atom is 0.166 e. The number of benzene rings is 7. The number of hydrogen-bond donors (Lipinski definition) is 0. The maximum absolute atomic E-state index is 9.47. The van der Waals surface area contributed by atoms with Gasteiger partial charge < -0.3 is 4.57 Å². The van der Waals surface area contributed by atoms with E-state index < -0.39 is 0 Å². The van der Waals surface area contributed by atoms with Gasteiger partial charge in [0.25, 0.3) is 0 Å². The maximum atomic E-state index is 9.47. The highest BCUT2D eigenvalue weighted by Gasteiger charge is 2.21. The van der Waals surface area contributed by atoms with Crippen molar-refractivity contribution in [3.63, 3.8) is 0 Å². The number of nitrogens with zero attached hydrogens (tertiary/aromatic N) is 7. The predicted octanol–water partition coefficient (Wildman–Crippen LogP) is 12.1. The Hall–Kier alpha value is -8.52. The number of hydrogen-bond acceptors (Lipinski definition) is 6. The first-order valence-corrected chi connectivity index (χ1v) is 19.2. The van der Waals surface area contributed by atoms with Gasteiger partial charge in [-0.05, 0) is 95.1 Å². The van der Waals surface area contributed by atoms with E-state index in [1.54, 1.807) is 6.20 Å². The van der Waals surface area contributed by atoms with Gasteiger partial charge in [-0.2, -0.15) is 10.5 Å². The summed E-state index contributed by atoms with van der Waals surface area (Å²) in [6.45, 7) is 0. The molecule has 3 heterocycles. The second kappa shape index (κ2) is 14.9. The highest BCUT2D eigenvalue weighted by atomic mass is 15.1. The Morgan fingerprint density at radius 2 is 0.864 bits per heavy atom. The van der Waals surface area contributed by atoms with Crippen LogP contribution in [0.4, 0.5) is 0 Å². The molecule has 0 N–H and O–H groups in total. The SMILES string of the molecule is N#Cc1ccc(-c2ccc3c(c2)c2cc(-c4ccc(C#N)cc4)ccc2n3-c2ccc(-c3ccccn3)cc2-c2nc(-c3ccccc3)nc(-c3ccccc3)n2)cc1. The Morgan fingerprint density at radius 1 is 0.390 bits per heavy atom. The minimum Gasteiger partial charge on any atom is -0.308 e. The lowest BCUT2D eigenvalue weighted by Crippen LogP contribution is -2.04. The van der Waals surface area contributed by atoms with Crippen molar-refractivity contribution in [2.45, 2.75) is 0 Å². The Bertz CT molecular complexity index is 3080. The molecule has 274 valence electrons. The fourth-order valence-corrected chi connectivity index (χ4v) is 7.65. The molecule has 0 unspecified atom stereocenters. The van der Waals surface area contributed by atoms with Crippen LogP contribution >= 0.6 is 0 Å². The van der Waals surface area contributed by atoms with Gasteiger partial charge in [-0.15, -0.1) is 0 Å². The van der Waals surface area contributed by atoms with Gasteiger partial charge in [0.15, 0.2) is 17.5 Å². The van der Waals surface area contributed by atoms with E-state index in [1.165, 1.54) is 0 Å². The van der Waals surface area contributed by atoms with Gasteiger partial charge in [-0.25, -0.2) is 15.0 Å². The number of aromatic nitrogens is 5. The van der Waals surface area contributed by atoms with Gasteiger partial charge in [0.2, 0.25) is 0 Å². The van der Waals surface area contributed by atoms with Crippen molar-refractivity contribution in [3.05, 3.63) is 199 Å². The topological polar surface area (TPSA) is 104 Å². The minimum absolute atomic E-state index is 0.531. The largest absolute Gasteiger partial charge is 0.308 e. The van der Waals surface area contributed by atoms with Crippen LogP contribution in [0.25, 0.3) is 95.2 Å². The van der Waals surface area contributed by atoms with Crippen molar-refractivity contribution < 1.29 is 0 Å². The van der Waals surface area contributed by atoms with Crippen LogP contribution in [0, 0.1) is 22.7 Å². The van der Waals surface area contributed by atoms with Crippen LogP contribution in [0.1, 0.15) is 11.1 Å². The molecular formula is C52H31N7. The molecule has 7 aromatic carbocycles. The zero-order valence-corrected chi connectivity index (χ0v) is 31.5. The molecule has 0 bridgehead atoms. The molecule has 59 heavy (non-hydrogen) atoms. The number of pyridine rings is 1. The zero-order chi connectivity index (χ0) is 39.7. The summed E-state index contributed by atoms with van der Waals surface area (Å²) in [6.07, 6.45) is 1.80. The summed E-state index contributed by atoms with van der Waals surface area (Å²) in [5.41, 5.74) is 12.6. The quantitative estimate of drug-likeness (QED) is 0.160. The molecule has 7 nitrogen and oxygen atoms in total. The fourth-order valence-electron chi connectivity index (χ4n) is 7.65. The van der Waals surface area contributed by atoms with Gasteiger partial charge in [-0.1, -0.05) is 109 Å². The summed E-state index contributed by atoms with van der Waals surface area (Å²) in [7, 11) is 0. The number of fused-ring (bicyclic) bond motifs is 3. The number of nitriles is 2. The molecule has 10 aromatic rings. The highest BCUT2D eigenvalue weighted by Crippen LogP contribution is 2.41. The second-order valence-electron chi connectivity index (χ2n) is 14.2. The lowest BCUT2D eigenvalue weighted by atomic mass is 9.99. The molecule has 0 radical (unpaired) electrons. The summed E-state index contributed by atoms with van der Waals surface area (Å²) < 4.78 is 2.29. The first-order chi connectivity index (χ1) is 29.1. The van der Waals surface area contributed by atoms with Crippen molar-refractivity contribution in [2.75, 3.05) is 0 Å². The molecule has 0 saturated carbocycles. The first-order valence-electron chi connectivity index (χ1n) is 19.2. The van der Waals surface area contributed by atoms with Crippen molar-refractivity contribution in [1.82, 2.24) is 24.5 Å². The van der Waals surface area contributed by atoms with E-state index in [0.29, 0.717) is 28.6 Å². The van der Waals surface area contributed by atoms with Crippen LogP contribution in [0.5, 0.6) is 0 Å². The van der Waals surface area contributed by atoms with Crippen LogP contribution in [0.15, 0.2) is 188 Å². The van der Waals surface area contributed by atoms with E-state index in [-0.39, 0.29) is 0 Å². The Balaban J connectivity index is 1.26. The fraction of sp³-hybridized carbons (Fsp3) is 0. The molecule has 0 aliphatic heterocycles. The average Bonchev–Trinajstić information content (AvgIpc) is 3.65. The molecule has 0 atom stereocenters. The molecule has 10 rings (SSSR count). The van der Waals surface area contributed by atoms with Crippen molar-refractivity contribution in [3.8, 4) is 85.5 Å². The summed E-state index contributed by atoms with van der Waals surface area (Å²) in [5.74, 6) is 1.68. The van der Waals surface area contributed by atoms with E-state index in [2.05, 4.69) is 71.3 Å². The molecule has 7 heteroatoms. The standard InChI is InChI=1S/C52H31N7/c53-32-34-14-18-36(19-15-34)40-22-25-47-43(29-40)44-30-41(37-20-16-35(33-54)17-21-37)23-26-48(44)59(47)49-27-24-42(46-13-7-8-28-55-46)31-45(49)52-57-50(38-9-3-1-4-10-38)56-51(58-52)39-11-5-2-6-12-39/h1-31H. The van der Waals surface area contributed by atoms with Crippen LogP contribution in [-0.2, 0) is 0 Å². The molecule has 0 amide bonds. The summed E-state index contributed by atoms with van der Waals surface area (Å²) >= 11 is 0. The van der Waals surface area contributed by atoms with Gasteiger partial charge in [0.05, 0.1) is 45.7 Å². The van der Waals surface area contributed by atoms with Gasteiger partial charge >= 0.3 is 0 Å². The molecule has 0 fully saturated rings. The van der Waals surface area contributed by atoms with E-state index >= 15 is 0 Å². The smallest absolute Gasteiger partial charge is 0.166 e. The second-order valence-corrected chi connectivity index (χ2v) is 14.2. The summed E-state index contributed by atoms with van der Waals surface area (Å²) in [6, 6.07) is 65.2. The van der Waals surface area contributed by atoms with Crippen molar-refractivity contribution >= 4 is 21.8 Å². The summed E-state index contributed by atoms with van der Waals surface area (Å²) in [5, 5.41) is 21.1. The molecule has 0 spiro atoms. The molecule has 3 aromatic heterocycles.